The van der Waals surface area contributed by atoms with E-state index in [2.05, 4.69) is 10.2 Å². The Labute approximate surface area is 98.8 Å². The van der Waals surface area contributed by atoms with Crippen LogP contribution in [0, 0.1) is 11.6 Å². The van der Waals surface area contributed by atoms with Crippen LogP contribution >= 0.6 is 11.6 Å². The summed E-state index contributed by atoms with van der Waals surface area (Å²) in [5.41, 5.74) is -0.445. The molecule has 0 aliphatic carbocycles. The number of nitrogens with one attached hydrogen (secondary N) is 1. The molecule has 2 aromatic rings. The Hall–Kier alpha value is -1.95. The molecule has 0 unspecified atom stereocenters. The molecule has 0 radical (unpaired) electrons. The summed E-state index contributed by atoms with van der Waals surface area (Å²) < 4.78 is 26.6. The maximum absolute atomic E-state index is 13.6. The topological polar surface area (TPSA) is 66.0 Å². The summed E-state index contributed by atoms with van der Waals surface area (Å²) in [5.74, 6) is -2.82. The van der Waals surface area contributed by atoms with Gasteiger partial charge in [0.25, 0.3) is 0 Å². The number of nitrogens with zero attached hydrogens (tertiary/aromatic N) is 1. The molecule has 0 atom stereocenters. The number of hydrogen-bond donors (Lipinski definition) is 2. The average Bonchev–Trinajstić information content (AvgIpc) is 2.72. The van der Waals surface area contributed by atoms with Crippen LogP contribution in [-0.2, 0) is 0 Å². The fourth-order valence-corrected chi connectivity index (χ4v) is 1.52. The lowest BCUT2D eigenvalue weighted by Gasteiger charge is -2.01. The third-order valence-electron chi connectivity index (χ3n) is 2.08. The highest BCUT2D eigenvalue weighted by molar-refractivity contribution is 6.31. The van der Waals surface area contributed by atoms with Crippen LogP contribution in [0.3, 0.4) is 0 Å². The largest absolute Gasteiger partial charge is 0.477 e. The SMILES string of the molecule is O=C(O)c1cc(-c2cc(F)cc(Cl)c2F)n[nH]1. The summed E-state index contributed by atoms with van der Waals surface area (Å²) in [7, 11) is 0. The van der Waals surface area contributed by atoms with Crippen molar-refractivity contribution in [2.24, 2.45) is 0 Å². The van der Waals surface area contributed by atoms with E-state index in [1.165, 1.54) is 0 Å². The van der Waals surface area contributed by atoms with E-state index in [0.29, 0.717) is 0 Å². The molecule has 1 aromatic carbocycles. The fraction of sp³-hybridized carbons (Fsp3) is 0. The maximum atomic E-state index is 13.6. The Bertz CT molecular complexity index is 598. The summed E-state index contributed by atoms with van der Waals surface area (Å²) in [6, 6.07) is 2.81. The van der Waals surface area contributed by atoms with Gasteiger partial charge in [0.05, 0.1) is 10.7 Å². The van der Waals surface area contributed by atoms with Crippen LogP contribution in [-0.4, -0.2) is 21.3 Å². The number of halogens is 3. The second-order valence-corrected chi connectivity index (χ2v) is 3.63. The van der Waals surface area contributed by atoms with Crippen molar-refractivity contribution < 1.29 is 18.7 Å². The van der Waals surface area contributed by atoms with Gasteiger partial charge in [-0.2, -0.15) is 5.10 Å². The Morgan fingerprint density at radius 1 is 1.35 bits per heavy atom. The van der Waals surface area contributed by atoms with Crippen molar-refractivity contribution in [1.29, 1.82) is 0 Å². The van der Waals surface area contributed by atoms with E-state index < -0.39 is 17.6 Å². The number of aromatic nitrogens is 2. The van der Waals surface area contributed by atoms with E-state index in [0.717, 1.165) is 18.2 Å². The van der Waals surface area contributed by atoms with Crippen molar-refractivity contribution >= 4 is 17.6 Å². The number of rotatable bonds is 2. The molecule has 4 nitrogen and oxygen atoms in total. The van der Waals surface area contributed by atoms with Gasteiger partial charge < -0.3 is 5.11 Å². The fourth-order valence-electron chi connectivity index (χ4n) is 1.31. The number of hydrogen-bond acceptors (Lipinski definition) is 2. The molecule has 0 saturated heterocycles. The van der Waals surface area contributed by atoms with Gasteiger partial charge >= 0.3 is 5.97 Å². The highest BCUT2D eigenvalue weighted by Crippen LogP contribution is 2.28. The van der Waals surface area contributed by atoms with Crippen molar-refractivity contribution in [3.05, 3.63) is 40.6 Å². The van der Waals surface area contributed by atoms with Crippen LogP contribution in [0.4, 0.5) is 8.78 Å². The number of benzene rings is 1. The molecule has 1 heterocycles. The maximum Gasteiger partial charge on any atom is 0.353 e. The number of aromatic amines is 1. The standard InChI is InChI=1S/C10H5ClF2N2O2/c11-6-2-4(12)1-5(9(6)13)7-3-8(10(16)17)15-14-7/h1-3H,(H,14,15)(H,16,17). The highest BCUT2D eigenvalue weighted by atomic mass is 35.5. The Morgan fingerprint density at radius 3 is 2.65 bits per heavy atom. The van der Waals surface area contributed by atoms with Crippen molar-refractivity contribution in [3.63, 3.8) is 0 Å². The lowest BCUT2D eigenvalue weighted by atomic mass is 10.1. The summed E-state index contributed by atoms with van der Waals surface area (Å²) in [4.78, 5) is 10.6. The number of carboxylic acids is 1. The first-order chi connectivity index (χ1) is 7.99. The molecule has 0 fully saturated rings. The lowest BCUT2D eigenvalue weighted by Crippen LogP contribution is -1.95. The van der Waals surface area contributed by atoms with E-state index in [1.807, 2.05) is 0 Å². The van der Waals surface area contributed by atoms with Gasteiger partial charge in [-0.25, -0.2) is 13.6 Å². The first-order valence-electron chi connectivity index (χ1n) is 4.42. The molecule has 0 aliphatic rings. The minimum Gasteiger partial charge on any atom is -0.477 e. The van der Waals surface area contributed by atoms with E-state index in [1.54, 1.807) is 0 Å². The number of H-pyrrole nitrogens is 1. The first-order valence-corrected chi connectivity index (χ1v) is 4.80. The third-order valence-corrected chi connectivity index (χ3v) is 2.35. The van der Waals surface area contributed by atoms with E-state index >= 15 is 0 Å². The lowest BCUT2D eigenvalue weighted by molar-refractivity contribution is 0.0690. The molecule has 7 heteroatoms. The summed E-state index contributed by atoms with van der Waals surface area (Å²) in [6.45, 7) is 0. The van der Waals surface area contributed by atoms with E-state index in [4.69, 9.17) is 16.7 Å². The predicted molar refractivity (Wildman–Crippen MR) is 55.9 cm³/mol. The number of aromatic carboxylic acids is 1. The molecule has 88 valence electrons. The molecule has 0 bridgehead atoms. The smallest absolute Gasteiger partial charge is 0.353 e. The molecule has 2 N–H and O–H groups in total. The van der Waals surface area contributed by atoms with Crippen LogP contribution < -0.4 is 0 Å². The summed E-state index contributed by atoms with van der Waals surface area (Å²) in [5, 5.41) is 14.0. The molecular formula is C10H5ClF2N2O2. The van der Waals surface area contributed by atoms with Gasteiger partial charge in [0.2, 0.25) is 0 Å². The Morgan fingerprint density at radius 2 is 2.06 bits per heavy atom. The van der Waals surface area contributed by atoms with Crippen LogP contribution in [0.15, 0.2) is 18.2 Å². The molecule has 2 rings (SSSR count). The number of carbonyl (C=O) groups is 1. The summed E-state index contributed by atoms with van der Waals surface area (Å²) >= 11 is 5.47. The quantitative estimate of drug-likeness (QED) is 0.814. The van der Waals surface area contributed by atoms with Crippen LogP contribution in [0.2, 0.25) is 5.02 Å². The molecular weight excluding hydrogens is 254 g/mol. The van der Waals surface area contributed by atoms with Gasteiger partial charge in [-0.1, -0.05) is 11.6 Å². The minimum absolute atomic E-state index is 0.0266. The van der Waals surface area contributed by atoms with Crippen LogP contribution in [0.25, 0.3) is 11.3 Å². The molecule has 1 aromatic heterocycles. The van der Waals surface area contributed by atoms with Crippen LogP contribution in [0.1, 0.15) is 10.5 Å². The Balaban J connectivity index is 2.56. The second-order valence-electron chi connectivity index (χ2n) is 3.22. The summed E-state index contributed by atoms with van der Waals surface area (Å²) in [6.07, 6.45) is 0. The van der Waals surface area contributed by atoms with Crippen molar-refractivity contribution in [1.82, 2.24) is 10.2 Å². The van der Waals surface area contributed by atoms with Gasteiger partial charge in [0.15, 0.2) is 5.82 Å². The number of carboxylic acid groups (broad SMARTS) is 1. The van der Waals surface area contributed by atoms with Crippen LogP contribution in [0.5, 0.6) is 0 Å². The molecule has 0 spiro atoms. The van der Waals surface area contributed by atoms with Crippen molar-refractivity contribution in [2.45, 2.75) is 0 Å². The predicted octanol–water partition coefficient (Wildman–Crippen LogP) is 2.71. The minimum atomic E-state index is -1.24. The average molecular weight is 259 g/mol. The van der Waals surface area contributed by atoms with Gasteiger partial charge in [0, 0.05) is 5.56 Å². The highest BCUT2D eigenvalue weighted by Gasteiger charge is 2.16. The third kappa shape index (κ3) is 2.12. The van der Waals surface area contributed by atoms with Gasteiger partial charge in [0.1, 0.15) is 11.5 Å². The van der Waals surface area contributed by atoms with Gasteiger partial charge in [-0.05, 0) is 18.2 Å². The molecule has 17 heavy (non-hydrogen) atoms. The molecule has 0 saturated carbocycles. The normalized spacial score (nSPS) is 10.5. The zero-order valence-corrected chi connectivity index (χ0v) is 8.92. The van der Waals surface area contributed by atoms with Gasteiger partial charge in [-0.3, -0.25) is 5.10 Å². The van der Waals surface area contributed by atoms with E-state index in [-0.39, 0.29) is 22.0 Å². The monoisotopic (exact) mass is 258 g/mol. The zero-order valence-electron chi connectivity index (χ0n) is 8.17. The van der Waals surface area contributed by atoms with Crippen molar-refractivity contribution in [3.8, 4) is 11.3 Å². The van der Waals surface area contributed by atoms with Crippen molar-refractivity contribution in [2.75, 3.05) is 0 Å². The van der Waals surface area contributed by atoms with E-state index in [9.17, 15) is 13.6 Å². The van der Waals surface area contributed by atoms with Gasteiger partial charge in [-0.15, -0.1) is 0 Å². The molecule has 0 amide bonds. The molecule has 0 aliphatic heterocycles. The first kappa shape index (κ1) is 11.5. The zero-order chi connectivity index (χ0) is 12.6. The second kappa shape index (κ2) is 4.14. The Kier molecular flexibility index (Phi) is 2.81.